The Bertz CT molecular complexity index is 1000. The van der Waals surface area contributed by atoms with Gasteiger partial charge in [-0.15, -0.1) is 10.2 Å². The molecule has 0 atom stereocenters. The molecule has 0 saturated carbocycles. The maximum absolute atomic E-state index is 11.8. The molecule has 7 nitrogen and oxygen atoms in total. The number of para-hydroxylation sites is 1. The van der Waals surface area contributed by atoms with E-state index in [4.69, 9.17) is 0 Å². The van der Waals surface area contributed by atoms with Crippen molar-refractivity contribution in [3.05, 3.63) is 66.2 Å². The summed E-state index contributed by atoms with van der Waals surface area (Å²) in [6.45, 7) is 0. The number of rotatable bonds is 4. The van der Waals surface area contributed by atoms with Crippen LogP contribution in [-0.2, 0) is 9.59 Å². The number of hydrogen-bond donors (Lipinski definition) is 3. The number of amides is 1. The highest BCUT2D eigenvalue weighted by Gasteiger charge is 2.14. The predicted molar refractivity (Wildman–Crippen MR) is 91.5 cm³/mol. The van der Waals surface area contributed by atoms with E-state index in [2.05, 4.69) is 15.2 Å². The highest BCUT2D eigenvalue weighted by molar-refractivity contribution is 6.41. The standard InChI is InChI=1S/C18H13N3O4/c22-14(11-6-2-1-3-7-11)10-15(23)17(24)21-20-16-12-8-4-5-9-13(12)19-18(16)25/h1-10,19,22,25H. The van der Waals surface area contributed by atoms with Crippen LogP contribution in [0.5, 0.6) is 5.88 Å². The molecule has 0 aliphatic carbocycles. The average Bonchev–Trinajstić information content (AvgIpc) is 2.95. The molecule has 2 aromatic carbocycles. The van der Waals surface area contributed by atoms with Crippen LogP contribution in [0.1, 0.15) is 5.56 Å². The number of aliphatic hydroxyl groups is 1. The Morgan fingerprint density at radius 3 is 2.44 bits per heavy atom. The van der Waals surface area contributed by atoms with Crippen molar-refractivity contribution in [2.45, 2.75) is 0 Å². The van der Waals surface area contributed by atoms with Gasteiger partial charge in [0.25, 0.3) is 5.78 Å². The lowest BCUT2D eigenvalue weighted by molar-refractivity contribution is -0.133. The number of nitrogens with one attached hydrogen (secondary N) is 1. The highest BCUT2D eigenvalue weighted by Crippen LogP contribution is 2.35. The zero-order valence-electron chi connectivity index (χ0n) is 12.9. The van der Waals surface area contributed by atoms with Gasteiger partial charge in [-0.05, 0) is 6.07 Å². The number of aromatic nitrogens is 1. The van der Waals surface area contributed by atoms with Crippen molar-refractivity contribution >= 4 is 34.0 Å². The Balaban J connectivity index is 1.80. The SMILES string of the molecule is O=C(C=C(O)c1ccccc1)C(=O)N=Nc1c(O)[nH]c2ccccc12. The summed E-state index contributed by atoms with van der Waals surface area (Å²) in [4.78, 5) is 26.3. The van der Waals surface area contributed by atoms with E-state index in [1.165, 1.54) is 0 Å². The van der Waals surface area contributed by atoms with E-state index in [0.29, 0.717) is 16.5 Å². The summed E-state index contributed by atoms with van der Waals surface area (Å²) in [5.74, 6) is -2.78. The topological polar surface area (TPSA) is 115 Å². The first-order valence-electron chi connectivity index (χ1n) is 7.32. The molecule has 0 bridgehead atoms. The third kappa shape index (κ3) is 3.45. The van der Waals surface area contributed by atoms with Gasteiger partial charge in [-0.1, -0.05) is 48.5 Å². The molecule has 0 radical (unpaired) electrons. The third-order valence-corrected chi connectivity index (χ3v) is 3.45. The highest BCUT2D eigenvalue weighted by atomic mass is 16.3. The second-order valence-electron chi connectivity index (χ2n) is 5.13. The van der Waals surface area contributed by atoms with E-state index in [1.54, 1.807) is 54.6 Å². The minimum Gasteiger partial charge on any atom is -0.507 e. The van der Waals surface area contributed by atoms with Gasteiger partial charge >= 0.3 is 5.91 Å². The van der Waals surface area contributed by atoms with Gasteiger partial charge < -0.3 is 15.2 Å². The van der Waals surface area contributed by atoms with Gasteiger partial charge in [0.15, 0.2) is 5.69 Å². The fourth-order valence-corrected chi connectivity index (χ4v) is 2.24. The fourth-order valence-electron chi connectivity index (χ4n) is 2.24. The molecule has 1 amide bonds. The van der Waals surface area contributed by atoms with Crippen molar-refractivity contribution < 1.29 is 19.8 Å². The molecule has 1 heterocycles. The minimum absolute atomic E-state index is 0.0630. The van der Waals surface area contributed by atoms with Crippen LogP contribution >= 0.6 is 0 Å². The zero-order chi connectivity index (χ0) is 17.8. The number of carbonyl (C=O) groups excluding carboxylic acids is 2. The van der Waals surface area contributed by atoms with Crippen LogP contribution in [0.25, 0.3) is 16.7 Å². The quantitative estimate of drug-likeness (QED) is 0.292. The van der Waals surface area contributed by atoms with E-state index >= 15 is 0 Å². The van der Waals surface area contributed by atoms with E-state index in [-0.39, 0.29) is 17.3 Å². The van der Waals surface area contributed by atoms with Gasteiger partial charge in [-0.3, -0.25) is 9.59 Å². The normalized spacial score (nSPS) is 11.9. The van der Waals surface area contributed by atoms with E-state index in [1.807, 2.05) is 0 Å². The van der Waals surface area contributed by atoms with Crippen LogP contribution in [-0.4, -0.2) is 26.9 Å². The second kappa shape index (κ2) is 6.79. The molecule has 3 aromatic rings. The second-order valence-corrected chi connectivity index (χ2v) is 5.13. The number of aromatic amines is 1. The van der Waals surface area contributed by atoms with Crippen molar-refractivity contribution in [2.75, 3.05) is 0 Å². The van der Waals surface area contributed by atoms with Crippen molar-refractivity contribution in [3.63, 3.8) is 0 Å². The molecule has 0 aliphatic heterocycles. The maximum Gasteiger partial charge on any atom is 0.335 e. The van der Waals surface area contributed by atoms with E-state index in [9.17, 15) is 19.8 Å². The first-order valence-corrected chi connectivity index (χ1v) is 7.32. The summed E-state index contributed by atoms with van der Waals surface area (Å²) >= 11 is 0. The first-order chi connectivity index (χ1) is 12.1. The largest absolute Gasteiger partial charge is 0.507 e. The monoisotopic (exact) mass is 335 g/mol. The first kappa shape index (κ1) is 16.1. The number of azo groups is 1. The van der Waals surface area contributed by atoms with Gasteiger partial charge in [0.2, 0.25) is 5.88 Å². The van der Waals surface area contributed by atoms with Crippen LogP contribution < -0.4 is 0 Å². The van der Waals surface area contributed by atoms with Gasteiger partial charge in [-0.2, -0.15) is 0 Å². The maximum atomic E-state index is 11.8. The number of nitrogens with zero attached hydrogens (tertiary/aromatic N) is 2. The van der Waals surface area contributed by atoms with Crippen molar-refractivity contribution in [2.24, 2.45) is 10.2 Å². The van der Waals surface area contributed by atoms with Gasteiger partial charge in [0, 0.05) is 17.0 Å². The summed E-state index contributed by atoms with van der Waals surface area (Å²) in [6.07, 6.45) is 0.784. The molecule has 3 N–H and O–H groups in total. The number of fused-ring (bicyclic) bond motifs is 1. The summed E-state index contributed by atoms with van der Waals surface area (Å²) < 4.78 is 0. The Morgan fingerprint density at radius 1 is 1.00 bits per heavy atom. The molecule has 0 saturated heterocycles. The molecule has 1 aromatic heterocycles. The van der Waals surface area contributed by atoms with Crippen molar-refractivity contribution in [1.29, 1.82) is 0 Å². The van der Waals surface area contributed by atoms with Crippen LogP contribution in [0, 0.1) is 0 Å². The Kier molecular flexibility index (Phi) is 4.38. The molecular weight excluding hydrogens is 322 g/mol. The van der Waals surface area contributed by atoms with Crippen LogP contribution in [0.2, 0.25) is 0 Å². The molecule has 25 heavy (non-hydrogen) atoms. The lowest BCUT2D eigenvalue weighted by Crippen LogP contribution is -2.07. The average molecular weight is 335 g/mol. The zero-order valence-corrected chi connectivity index (χ0v) is 12.9. The molecule has 0 aliphatic rings. The molecule has 3 rings (SSSR count). The van der Waals surface area contributed by atoms with Gasteiger partial charge in [0.05, 0.1) is 5.52 Å². The van der Waals surface area contributed by atoms with Crippen molar-refractivity contribution in [3.8, 4) is 5.88 Å². The molecule has 0 fully saturated rings. The van der Waals surface area contributed by atoms with Gasteiger partial charge in [-0.25, -0.2) is 0 Å². The minimum atomic E-state index is -1.16. The summed E-state index contributed by atoms with van der Waals surface area (Å²) in [6, 6.07) is 15.2. The fraction of sp³-hybridized carbons (Fsp3) is 0. The number of aliphatic hydroxyl groups excluding tert-OH is 1. The number of carbonyl (C=O) groups is 2. The Labute approximate surface area is 142 Å². The lowest BCUT2D eigenvalue weighted by atomic mass is 10.1. The Hall–Kier alpha value is -3.74. The molecule has 0 spiro atoms. The van der Waals surface area contributed by atoms with E-state index in [0.717, 1.165) is 6.08 Å². The van der Waals surface area contributed by atoms with E-state index < -0.39 is 11.7 Å². The Morgan fingerprint density at radius 2 is 1.68 bits per heavy atom. The number of ketones is 1. The molecule has 124 valence electrons. The number of benzene rings is 2. The number of hydrogen-bond acceptors (Lipinski definition) is 5. The smallest absolute Gasteiger partial charge is 0.335 e. The molecular formula is C18H13N3O4. The van der Waals surface area contributed by atoms with Crippen LogP contribution in [0.4, 0.5) is 5.69 Å². The predicted octanol–water partition coefficient (Wildman–Crippen LogP) is 3.65. The number of aromatic hydroxyl groups is 1. The number of H-pyrrole nitrogens is 1. The van der Waals surface area contributed by atoms with Crippen molar-refractivity contribution in [1.82, 2.24) is 4.98 Å². The molecule has 0 unspecified atom stereocenters. The van der Waals surface area contributed by atoms with Crippen LogP contribution in [0.3, 0.4) is 0 Å². The lowest BCUT2D eigenvalue weighted by Gasteiger charge is -1.97. The summed E-state index contributed by atoms with van der Waals surface area (Å²) in [7, 11) is 0. The van der Waals surface area contributed by atoms with Crippen LogP contribution in [0.15, 0.2) is 70.9 Å². The van der Waals surface area contributed by atoms with Gasteiger partial charge in [0.1, 0.15) is 5.76 Å². The summed E-state index contributed by atoms with van der Waals surface area (Å²) in [5.41, 5.74) is 1.08. The molecule has 7 heteroatoms. The summed E-state index contributed by atoms with van der Waals surface area (Å²) in [5, 5.41) is 27.2. The third-order valence-electron chi connectivity index (χ3n) is 3.45.